The Morgan fingerprint density at radius 2 is 1.25 bits per heavy atom. The van der Waals surface area contributed by atoms with Crippen LogP contribution in [0.25, 0.3) is 0 Å². The molecule has 0 fully saturated rings. The molecule has 0 aromatic heterocycles. The molecule has 0 N–H and O–H groups in total. The number of halogens is 4. The van der Waals surface area contributed by atoms with Gasteiger partial charge in [0.25, 0.3) is 0 Å². The van der Waals surface area contributed by atoms with Crippen LogP contribution in [0, 0.1) is 0 Å². The molecule has 0 rings (SSSR count). The fourth-order valence-corrected chi connectivity index (χ4v) is 0. The van der Waals surface area contributed by atoms with Crippen LogP contribution in [0.1, 0.15) is 6.92 Å². The van der Waals surface area contributed by atoms with E-state index in [0.717, 1.165) is 6.61 Å². The maximum absolute atomic E-state index is 4.54. The van der Waals surface area contributed by atoms with Gasteiger partial charge >= 0.3 is 37.7 Å². The van der Waals surface area contributed by atoms with Crippen molar-refractivity contribution in [3.8, 4) is 0 Å². The van der Waals surface area contributed by atoms with E-state index >= 15 is 0 Å². The number of rotatable bonds is 1. The standard InChI is InChI=1S/C2H5O.4ClH.Ti/c1-2-3;;;;;/h2H2,1H3;4*1H;/q-1;;;;;+1. The summed E-state index contributed by atoms with van der Waals surface area (Å²) in [7, 11) is 0. The molecular formula is C2H9Cl4OTi. The van der Waals surface area contributed by atoms with E-state index in [1.165, 1.54) is 0 Å². The van der Waals surface area contributed by atoms with Crippen LogP contribution < -0.4 is 0 Å². The summed E-state index contributed by atoms with van der Waals surface area (Å²) in [6.07, 6.45) is 0. The van der Waals surface area contributed by atoms with E-state index in [1.54, 1.807) is 20.8 Å². The van der Waals surface area contributed by atoms with Crippen molar-refractivity contribution in [3.63, 3.8) is 0 Å². The first-order chi connectivity index (χ1) is 1.91. The van der Waals surface area contributed by atoms with Crippen LogP contribution in [0.15, 0.2) is 0 Å². The van der Waals surface area contributed by atoms with Gasteiger partial charge in [0.05, 0.1) is 0 Å². The van der Waals surface area contributed by atoms with Crippen molar-refractivity contribution in [2.75, 3.05) is 6.61 Å². The van der Waals surface area contributed by atoms with E-state index in [1.807, 2.05) is 6.92 Å². The van der Waals surface area contributed by atoms with Crippen molar-refractivity contribution in [2.24, 2.45) is 0 Å². The molecule has 0 atom stereocenters. The first kappa shape index (κ1) is 32.8. The molecule has 1 nitrogen and oxygen atoms in total. The Labute approximate surface area is 86.8 Å². The molecule has 0 aliphatic heterocycles. The number of hydrogen-bond acceptors (Lipinski definition) is 1. The predicted octanol–water partition coefficient (Wildman–Crippen LogP) is 2.17. The average molecular weight is 239 g/mol. The molecule has 0 aromatic rings. The fraction of sp³-hybridized carbons (Fsp3) is 1.00. The second-order valence-corrected chi connectivity index (χ2v) is 0.884. The zero-order valence-corrected chi connectivity index (χ0v) is 9.08. The predicted molar refractivity (Wildman–Crippen MR) is 40.6 cm³/mol. The van der Waals surface area contributed by atoms with Crippen molar-refractivity contribution in [2.45, 2.75) is 6.92 Å². The van der Waals surface area contributed by atoms with Crippen LogP contribution in [0.3, 0.4) is 0 Å². The maximum atomic E-state index is 4.54. The average Bonchev–Trinajstić information content (AvgIpc) is 1.37. The third-order valence-electron chi connectivity index (χ3n) is 0.144. The summed E-state index contributed by atoms with van der Waals surface area (Å²) >= 11 is 1.68. The molecule has 0 spiro atoms. The van der Waals surface area contributed by atoms with Gasteiger partial charge in [-0.15, -0.1) is 49.6 Å². The van der Waals surface area contributed by atoms with Gasteiger partial charge in [0, 0.05) is 0 Å². The zero-order valence-electron chi connectivity index (χ0n) is 4.25. The minimum absolute atomic E-state index is 0. The Hall–Kier alpha value is 1.83. The van der Waals surface area contributed by atoms with E-state index in [-0.39, 0.29) is 49.6 Å². The summed E-state index contributed by atoms with van der Waals surface area (Å²) in [5, 5.41) is 0. The number of hydrogen-bond donors (Lipinski definition) is 0. The molecule has 8 heavy (non-hydrogen) atoms. The largest absolute Gasteiger partial charge is 0.147 e. The van der Waals surface area contributed by atoms with E-state index in [2.05, 4.69) is 3.32 Å². The zero-order chi connectivity index (χ0) is 3.41. The SMILES string of the molecule is CC[O][Ti].Cl.Cl.Cl.Cl. The van der Waals surface area contributed by atoms with Gasteiger partial charge in [0.15, 0.2) is 0 Å². The minimum Gasteiger partial charge on any atom is -0.147 e. The Morgan fingerprint density at radius 3 is 1.25 bits per heavy atom. The summed E-state index contributed by atoms with van der Waals surface area (Å²) < 4.78 is 4.54. The molecule has 0 heterocycles. The smallest absolute Gasteiger partial charge is 0.147 e. The Kier molecular flexibility index (Phi) is 151. The maximum Gasteiger partial charge on any atom is -0.147 e. The van der Waals surface area contributed by atoms with Gasteiger partial charge in [0.2, 0.25) is 0 Å². The third kappa shape index (κ3) is 45.6. The van der Waals surface area contributed by atoms with Crippen LogP contribution in [0.4, 0.5) is 0 Å². The summed E-state index contributed by atoms with van der Waals surface area (Å²) in [6.45, 7) is 2.78. The molecule has 0 aliphatic rings. The van der Waals surface area contributed by atoms with Crippen molar-refractivity contribution >= 4 is 49.6 Å². The van der Waals surface area contributed by atoms with Crippen LogP contribution in [-0.2, 0) is 24.1 Å². The molecule has 0 aromatic carbocycles. The molecular weight excluding hydrogens is 230 g/mol. The molecule has 6 heteroatoms. The summed E-state index contributed by atoms with van der Waals surface area (Å²) in [6, 6.07) is 0. The molecule has 0 saturated heterocycles. The molecule has 55 valence electrons. The monoisotopic (exact) mass is 237 g/mol. The van der Waals surface area contributed by atoms with Crippen LogP contribution in [0.5, 0.6) is 0 Å². The van der Waals surface area contributed by atoms with Crippen LogP contribution >= 0.6 is 49.6 Å². The van der Waals surface area contributed by atoms with Crippen molar-refractivity contribution in [3.05, 3.63) is 0 Å². The van der Waals surface area contributed by atoms with Gasteiger partial charge in [-0.2, -0.15) is 0 Å². The van der Waals surface area contributed by atoms with Gasteiger partial charge in [-0.25, -0.2) is 0 Å². The second kappa shape index (κ2) is 36.9. The Balaban J connectivity index is -0.00000000750. The van der Waals surface area contributed by atoms with Gasteiger partial charge in [0.1, 0.15) is 0 Å². The summed E-state index contributed by atoms with van der Waals surface area (Å²) in [5.41, 5.74) is 0. The Bertz CT molecular complexity index is 16.0. The van der Waals surface area contributed by atoms with E-state index in [0.29, 0.717) is 0 Å². The quantitative estimate of drug-likeness (QED) is 0.637. The molecule has 0 amide bonds. The Morgan fingerprint density at radius 1 is 1.12 bits per heavy atom. The van der Waals surface area contributed by atoms with Crippen molar-refractivity contribution < 1.29 is 24.1 Å². The minimum atomic E-state index is 0. The van der Waals surface area contributed by atoms with Crippen LogP contribution in [0.2, 0.25) is 0 Å². The van der Waals surface area contributed by atoms with Gasteiger partial charge in [-0.05, 0) is 0 Å². The van der Waals surface area contributed by atoms with E-state index < -0.39 is 0 Å². The second-order valence-electron chi connectivity index (χ2n) is 0.433. The van der Waals surface area contributed by atoms with Crippen molar-refractivity contribution in [1.82, 2.24) is 0 Å². The first-order valence-electron chi connectivity index (χ1n) is 1.20. The summed E-state index contributed by atoms with van der Waals surface area (Å²) in [4.78, 5) is 0. The van der Waals surface area contributed by atoms with Crippen molar-refractivity contribution in [1.29, 1.82) is 0 Å². The molecule has 0 radical (unpaired) electrons. The van der Waals surface area contributed by atoms with E-state index in [9.17, 15) is 0 Å². The molecule has 0 bridgehead atoms. The molecule has 0 unspecified atom stereocenters. The molecule has 0 saturated carbocycles. The van der Waals surface area contributed by atoms with E-state index in [4.69, 9.17) is 0 Å². The summed E-state index contributed by atoms with van der Waals surface area (Å²) in [5.74, 6) is 0. The fourth-order valence-electron chi connectivity index (χ4n) is 0. The van der Waals surface area contributed by atoms with Gasteiger partial charge in [-0.3, -0.25) is 0 Å². The normalized spacial score (nSPS) is 3.50. The third-order valence-corrected chi connectivity index (χ3v) is 0.595. The van der Waals surface area contributed by atoms with Gasteiger partial charge < -0.3 is 0 Å². The topological polar surface area (TPSA) is 9.23 Å². The van der Waals surface area contributed by atoms with Crippen LogP contribution in [-0.4, -0.2) is 6.61 Å². The first-order valence-corrected chi connectivity index (χ1v) is 1.84. The van der Waals surface area contributed by atoms with Gasteiger partial charge in [-0.1, -0.05) is 0 Å². The molecule has 0 aliphatic carbocycles.